The van der Waals surface area contributed by atoms with Crippen LogP contribution in [-0.4, -0.2) is 17.3 Å². The van der Waals surface area contributed by atoms with Crippen molar-refractivity contribution >= 4 is 17.3 Å². The van der Waals surface area contributed by atoms with Gasteiger partial charge < -0.3 is 15.8 Å². The smallest absolute Gasteiger partial charge is 0.471 e. The van der Waals surface area contributed by atoms with Crippen molar-refractivity contribution in [2.24, 2.45) is 0 Å². The summed E-state index contributed by atoms with van der Waals surface area (Å²) in [4.78, 5) is 10.5. The zero-order valence-electron chi connectivity index (χ0n) is 7.65. The molecule has 0 aliphatic heterocycles. The van der Waals surface area contributed by atoms with Crippen LogP contribution in [0.15, 0.2) is 24.3 Å². The number of nitrogens with one attached hydrogen (secondary N) is 1. The third kappa shape index (κ3) is 3.11. The summed E-state index contributed by atoms with van der Waals surface area (Å²) < 4.78 is 35.6. The normalized spacial score (nSPS) is 11.1. The number of carbonyl (C=O) groups is 1. The first-order valence-electron chi connectivity index (χ1n) is 3.95. The summed E-state index contributed by atoms with van der Waals surface area (Å²) in [5.41, 5.74) is -0.533. The summed E-state index contributed by atoms with van der Waals surface area (Å²) in [5.74, 6) is -2.15. The zero-order chi connectivity index (χ0) is 12.3. The lowest BCUT2D eigenvalue weighted by molar-refractivity contribution is -0.167. The molecule has 1 rings (SSSR count). The lowest BCUT2D eigenvalue weighted by Gasteiger charge is -2.22. The van der Waals surface area contributed by atoms with E-state index in [1.54, 1.807) is 0 Å². The molecule has 0 atom stereocenters. The fraction of sp³-hybridized carbons (Fsp3) is 0.125. The Hall–Kier alpha value is -1.80. The summed E-state index contributed by atoms with van der Waals surface area (Å²) in [7, 11) is 0. The monoisotopic (exact) mass is 235 g/mol. The van der Waals surface area contributed by atoms with Crippen LogP contribution in [0.25, 0.3) is 0 Å². The van der Waals surface area contributed by atoms with Gasteiger partial charge in [-0.15, -0.1) is 0 Å². The number of anilines is 2. The van der Waals surface area contributed by atoms with Crippen LogP contribution in [0.2, 0.25) is 0 Å². The highest BCUT2D eigenvalue weighted by Gasteiger charge is 2.38. The van der Waals surface area contributed by atoms with E-state index in [4.69, 9.17) is 5.21 Å². The molecule has 0 aromatic heterocycles. The van der Waals surface area contributed by atoms with Crippen LogP contribution in [0.1, 0.15) is 0 Å². The maximum absolute atomic E-state index is 11.9. The summed E-state index contributed by atoms with van der Waals surface area (Å²) in [6, 6.07) is 4.42. The lowest BCUT2D eigenvalue weighted by atomic mass is 10.3. The number of carbonyl (C=O) groups excluding carboxylic acids is 1. The molecular formula is C8H6F3N2O3-. The van der Waals surface area contributed by atoms with Crippen molar-refractivity contribution in [2.45, 2.75) is 6.18 Å². The van der Waals surface area contributed by atoms with E-state index in [2.05, 4.69) is 0 Å². The topological polar surface area (TPSA) is 75.6 Å². The predicted octanol–water partition coefficient (Wildman–Crippen LogP) is 1.88. The van der Waals surface area contributed by atoms with E-state index in [9.17, 15) is 23.2 Å². The van der Waals surface area contributed by atoms with Crippen molar-refractivity contribution in [2.75, 3.05) is 10.5 Å². The van der Waals surface area contributed by atoms with Crippen LogP contribution in [0.5, 0.6) is 0 Å². The summed E-state index contributed by atoms with van der Waals surface area (Å²) in [6.07, 6.45) is -5.01. The molecule has 0 aliphatic rings. The number of nitrogens with zero attached hydrogens (tertiary/aromatic N) is 1. The van der Waals surface area contributed by atoms with Gasteiger partial charge in [0, 0.05) is 5.69 Å². The van der Waals surface area contributed by atoms with Crippen LogP contribution < -0.4 is 10.5 Å². The second-order valence-corrected chi connectivity index (χ2v) is 2.78. The Labute approximate surface area is 87.6 Å². The molecule has 1 amide bonds. The van der Waals surface area contributed by atoms with Gasteiger partial charge in [-0.05, 0) is 18.2 Å². The van der Waals surface area contributed by atoms with E-state index >= 15 is 0 Å². The molecule has 0 spiro atoms. The van der Waals surface area contributed by atoms with E-state index in [0.717, 1.165) is 18.2 Å². The highest BCUT2D eigenvalue weighted by molar-refractivity contribution is 5.95. The van der Waals surface area contributed by atoms with Gasteiger partial charge in [-0.2, -0.15) is 13.2 Å². The number of hydrogen-bond donors (Lipinski definition) is 2. The van der Waals surface area contributed by atoms with Gasteiger partial charge in [-0.25, -0.2) is 0 Å². The van der Waals surface area contributed by atoms with Crippen molar-refractivity contribution in [3.05, 3.63) is 29.5 Å². The summed E-state index contributed by atoms with van der Waals surface area (Å²) >= 11 is 0. The first kappa shape index (κ1) is 12.3. The average Bonchev–Trinajstić information content (AvgIpc) is 2.16. The average molecular weight is 235 g/mol. The van der Waals surface area contributed by atoms with E-state index in [1.807, 2.05) is 0 Å². The number of halogens is 3. The first-order valence-corrected chi connectivity index (χ1v) is 3.95. The van der Waals surface area contributed by atoms with E-state index in [-0.39, 0.29) is 11.4 Å². The molecule has 88 valence electrons. The van der Waals surface area contributed by atoms with Gasteiger partial charge in [0.2, 0.25) is 0 Å². The molecule has 1 aromatic carbocycles. The maximum Gasteiger partial charge on any atom is 0.471 e. The highest BCUT2D eigenvalue weighted by Crippen LogP contribution is 2.21. The third-order valence-electron chi connectivity index (χ3n) is 1.58. The SMILES string of the molecule is O=C(Nc1cccc(N([O-])O)c1)C(F)(F)F. The van der Waals surface area contributed by atoms with Gasteiger partial charge in [-0.3, -0.25) is 10.0 Å². The van der Waals surface area contributed by atoms with Crippen molar-refractivity contribution in [1.29, 1.82) is 0 Å². The summed E-state index contributed by atoms with van der Waals surface area (Å²) in [6.45, 7) is 0. The Balaban J connectivity index is 2.83. The molecule has 0 heterocycles. The number of rotatable bonds is 2. The van der Waals surface area contributed by atoms with Gasteiger partial charge >= 0.3 is 12.1 Å². The number of amides is 1. The molecule has 0 saturated carbocycles. The third-order valence-corrected chi connectivity index (χ3v) is 1.58. The van der Waals surface area contributed by atoms with Crippen molar-refractivity contribution in [3.8, 4) is 0 Å². The minimum atomic E-state index is -5.01. The van der Waals surface area contributed by atoms with E-state index < -0.39 is 17.3 Å². The van der Waals surface area contributed by atoms with Crippen LogP contribution >= 0.6 is 0 Å². The number of benzene rings is 1. The van der Waals surface area contributed by atoms with Crippen molar-refractivity contribution in [1.82, 2.24) is 0 Å². The minimum absolute atomic E-state index is 0.241. The standard InChI is InChI=1S/C8H6F3N2O3/c9-8(10,11)7(14)12-5-2-1-3-6(4-5)13(15)16/h1-4,15H,(H,12,14)/q-1. The molecule has 0 saturated heterocycles. The second-order valence-electron chi connectivity index (χ2n) is 2.78. The Morgan fingerprint density at radius 1 is 1.44 bits per heavy atom. The van der Waals surface area contributed by atoms with Crippen LogP contribution in [0.3, 0.4) is 0 Å². The molecule has 2 N–H and O–H groups in total. The van der Waals surface area contributed by atoms with Gasteiger partial charge in [0.1, 0.15) is 0 Å². The van der Waals surface area contributed by atoms with Gasteiger partial charge in [-0.1, -0.05) is 6.07 Å². The lowest BCUT2D eigenvalue weighted by Crippen LogP contribution is -2.29. The van der Waals surface area contributed by atoms with Crippen LogP contribution in [0, 0.1) is 5.21 Å². The number of alkyl halides is 3. The highest BCUT2D eigenvalue weighted by atomic mass is 19.4. The molecule has 8 heteroatoms. The van der Waals surface area contributed by atoms with E-state index in [0.29, 0.717) is 0 Å². The molecule has 0 aliphatic carbocycles. The van der Waals surface area contributed by atoms with Gasteiger partial charge in [0.15, 0.2) is 0 Å². The van der Waals surface area contributed by atoms with Crippen molar-refractivity contribution < 1.29 is 23.2 Å². The Kier molecular flexibility index (Phi) is 3.35. The van der Waals surface area contributed by atoms with E-state index in [1.165, 1.54) is 11.4 Å². The van der Waals surface area contributed by atoms with Gasteiger partial charge in [0.05, 0.1) is 5.69 Å². The second kappa shape index (κ2) is 4.37. The fourth-order valence-electron chi connectivity index (χ4n) is 0.905. The fourth-order valence-corrected chi connectivity index (χ4v) is 0.905. The summed E-state index contributed by atoms with van der Waals surface area (Å²) in [5, 5.41) is 19.9. The maximum atomic E-state index is 11.9. The minimum Gasteiger partial charge on any atom is -0.733 e. The molecule has 0 bridgehead atoms. The Morgan fingerprint density at radius 3 is 2.56 bits per heavy atom. The molecule has 0 fully saturated rings. The molecule has 1 aromatic rings. The largest absolute Gasteiger partial charge is 0.733 e. The first-order chi connectivity index (χ1) is 7.30. The molecule has 0 unspecified atom stereocenters. The van der Waals surface area contributed by atoms with Crippen LogP contribution in [0.4, 0.5) is 24.5 Å². The molecule has 16 heavy (non-hydrogen) atoms. The van der Waals surface area contributed by atoms with Crippen molar-refractivity contribution in [3.63, 3.8) is 0 Å². The van der Waals surface area contributed by atoms with Gasteiger partial charge in [0.25, 0.3) is 0 Å². The molecule has 5 nitrogen and oxygen atoms in total. The quantitative estimate of drug-likeness (QED) is 0.767. The molecule has 0 radical (unpaired) electrons. The van der Waals surface area contributed by atoms with Crippen LogP contribution in [-0.2, 0) is 4.79 Å². The predicted molar refractivity (Wildman–Crippen MR) is 48.8 cm³/mol. The molecular weight excluding hydrogens is 229 g/mol. The Morgan fingerprint density at radius 2 is 2.06 bits per heavy atom. The Bertz CT molecular complexity index is 392. The zero-order valence-corrected chi connectivity index (χ0v) is 7.65. The number of hydrogen-bond acceptors (Lipinski definition) is 4.